The molecule has 1 heterocycles. The molecule has 0 bridgehead atoms. The third-order valence-corrected chi connectivity index (χ3v) is 5.15. The van der Waals surface area contributed by atoms with Crippen LogP contribution in [0.4, 0.5) is 0 Å². The summed E-state index contributed by atoms with van der Waals surface area (Å²) in [5.74, 6) is -1.57. The van der Waals surface area contributed by atoms with Gasteiger partial charge in [-0.2, -0.15) is 4.31 Å². The SMILES string of the molecule is O=C(O)CS(=O)(=O)N1CCC2CCCC21. The van der Waals surface area contributed by atoms with Crippen LogP contribution in [-0.2, 0) is 14.8 Å². The summed E-state index contributed by atoms with van der Waals surface area (Å²) in [6.07, 6.45) is 3.94. The normalized spacial score (nSPS) is 31.7. The predicted octanol–water partition coefficient (Wildman–Crippen LogP) is 0.275. The quantitative estimate of drug-likeness (QED) is 0.759. The van der Waals surface area contributed by atoms with Gasteiger partial charge in [0.25, 0.3) is 0 Å². The van der Waals surface area contributed by atoms with Crippen LogP contribution in [0.2, 0.25) is 0 Å². The zero-order valence-corrected chi connectivity index (χ0v) is 9.24. The first-order valence-corrected chi connectivity index (χ1v) is 6.83. The van der Waals surface area contributed by atoms with Crippen molar-refractivity contribution in [1.29, 1.82) is 0 Å². The Balaban J connectivity index is 2.14. The van der Waals surface area contributed by atoms with Crippen molar-refractivity contribution in [2.24, 2.45) is 5.92 Å². The maximum Gasteiger partial charge on any atom is 0.320 e. The molecule has 0 radical (unpaired) electrons. The van der Waals surface area contributed by atoms with E-state index in [0.29, 0.717) is 12.5 Å². The molecule has 5 nitrogen and oxygen atoms in total. The second kappa shape index (κ2) is 3.75. The second-order valence-electron chi connectivity index (χ2n) is 4.31. The summed E-state index contributed by atoms with van der Waals surface area (Å²) in [7, 11) is -3.58. The van der Waals surface area contributed by atoms with Gasteiger partial charge in [0.15, 0.2) is 5.75 Å². The molecule has 0 spiro atoms. The fourth-order valence-electron chi connectivity index (χ4n) is 2.78. The fourth-order valence-corrected chi connectivity index (χ4v) is 4.33. The lowest BCUT2D eigenvalue weighted by atomic mass is 10.1. The molecule has 2 aliphatic rings. The number of carboxylic acid groups (broad SMARTS) is 1. The van der Waals surface area contributed by atoms with Crippen LogP contribution in [0.5, 0.6) is 0 Å². The van der Waals surface area contributed by atoms with E-state index in [9.17, 15) is 13.2 Å². The smallest absolute Gasteiger partial charge is 0.320 e. The third kappa shape index (κ3) is 2.01. The van der Waals surface area contributed by atoms with Gasteiger partial charge in [0.1, 0.15) is 0 Å². The van der Waals surface area contributed by atoms with Crippen LogP contribution in [-0.4, -0.2) is 42.1 Å². The van der Waals surface area contributed by atoms with Crippen LogP contribution in [0.1, 0.15) is 25.7 Å². The molecule has 6 heteroatoms. The summed E-state index contributed by atoms with van der Waals surface area (Å²) >= 11 is 0. The number of sulfonamides is 1. The van der Waals surface area contributed by atoms with Crippen molar-refractivity contribution in [1.82, 2.24) is 4.31 Å². The molecule has 1 aliphatic carbocycles. The molecule has 0 aromatic carbocycles. The highest BCUT2D eigenvalue weighted by atomic mass is 32.2. The molecule has 2 unspecified atom stereocenters. The summed E-state index contributed by atoms with van der Waals surface area (Å²) < 4.78 is 24.9. The summed E-state index contributed by atoms with van der Waals surface area (Å²) in [6.45, 7) is 0.505. The maximum absolute atomic E-state index is 11.7. The van der Waals surface area contributed by atoms with E-state index in [-0.39, 0.29) is 6.04 Å². The summed E-state index contributed by atoms with van der Waals surface area (Å²) in [6, 6.07) is 0.0781. The Morgan fingerprint density at radius 1 is 1.33 bits per heavy atom. The molecule has 0 aromatic heterocycles. The summed E-state index contributed by atoms with van der Waals surface area (Å²) in [5.41, 5.74) is 0. The van der Waals surface area contributed by atoms with Crippen molar-refractivity contribution in [3.63, 3.8) is 0 Å². The van der Waals surface area contributed by atoms with Gasteiger partial charge in [-0.15, -0.1) is 0 Å². The van der Waals surface area contributed by atoms with Crippen LogP contribution in [0, 0.1) is 5.92 Å². The van der Waals surface area contributed by atoms with E-state index in [0.717, 1.165) is 25.7 Å². The van der Waals surface area contributed by atoms with Crippen LogP contribution in [0.15, 0.2) is 0 Å². The van der Waals surface area contributed by atoms with E-state index in [2.05, 4.69) is 0 Å². The van der Waals surface area contributed by atoms with E-state index in [1.165, 1.54) is 4.31 Å². The molecule has 0 aromatic rings. The molecular formula is C9H15NO4S. The Morgan fingerprint density at radius 2 is 2.07 bits per heavy atom. The third-order valence-electron chi connectivity index (χ3n) is 3.37. The minimum Gasteiger partial charge on any atom is -0.480 e. The van der Waals surface area contributed by atoms with Crippen molar-refractivity contribution in [2.75, 3.05) is 12.3 Å². The average Bonchev–Trinajstić information content (AvgIpc) is 2.57. The monoisotopic (exact) mass is 233 g/mol. The van der Waals surface area contributed by atoms with Gasteiger partial charge in [-0.3, -0.25) is 4.79 Å². The van der Waals surface area contributed by atoms with Gasteiger partial charge in [-0.1, -0.05) is 6.42 Å². The second-order valence-corrected chi connectivity index (χ2v) is 6.23. The van der Waals surface area contributed by atoms with Crippen molar-refractivity contribution >= 4 is 16.0 Å². The maximum atomic E-state index is 11.7. The standard InChI is InChI=1S/C9H15NO4S/c11-9(12)6-15(13,14)10-5-4-7-2-1-3-8(7)10/h7-8H,1-6H2,(H,11,12). The molecule has 1 saturated heterocycles. The Hall–Kier alpha value is -0.620. The van der Waals surface area contributed by atoms with Crippen molar-refractivity contribution in [3.8, 4) is 0 Å². The topological polar surface area (TPSA) is 74.7 Å². The highest BCUT2D eigenvalue weighted by Gasteiger charge is 2.43. The van der Waals surface area contributed by atoms with Crippen LogP contribution in [0.25, 0.3) is 0 Å². The van der Waals surface area contributed by atoms with Crippen LogP contribution in [0.3, 0.4) is 0 Å². The van der Waals surface area contributed by atoms with Gasteiger partial charge in [0, 0.05) is 12.6 Å². The number of hydrogen-bond acceptors (Lipinski definition) is 3. The molecular weight excluding hydrogens is 218 g/mol. The highest BCUT2D eigenvalue weighted by Crippen LogP contribution is 2.39. The molecule has 2 atom stereocenters. The number of rotatable bonds is 3. The van der Waals surface area contributed by atoms with Gasteiger partial charge in [0.2, 0.25) is 10.0 Å². The Morgan fingerprint density at radius 3 is 2.73 bits per heavy atom. The van der Waals surface area contributed by atoms with E-state index in [1.54, 1.807) is 0 Å². The predicted molar refractivity (Wildman–Crippen MR) is 53.9 cm³/mol. The Kier molecular flexibility index (Phi) is 2.72. The molecule has 2 fully saturated rings. The van der Waals surface area contributed by atoms with Crippen LogP contribution < -0.4 is 0 Å². The summed E-state index contributed by atoms with van der Waals surface area (Å²) in [5, 5.41) is 8.54. The minimum absolute atomic E-state index is 0.0781. The number of nitrogens with zero attached hydrogens (tertiary/aromatic N) is 1. The molecule has 1 saturated carbocycles. The fraction of sp³-hybridized carbons (Fsp3) is 0.889. The largest absolute Gasteiger partial charge is 0.480 e. The molecule has 1 aliphatic heterocycles. The van der Waals surface area contributed by atoms with E-state index in [1.807, 2.05) is 0 Å². The van der Waals surface area contributed by atoms with Crippen molar-refractivity contribution in [3.05, 3.63) is 0 Å². The number of carboxylic acids is 1. The Labute approximate surface area is 89.1 Å². The zero-order chi connectivity index (χ0) is 11.1. The van der Waals surface area contributed by atoms with Crippen LogP contribution >= 0.6 is 0 Å². The molecule has 86 valence electrons. The number of aliphatic carboxylic acids is 1. The Bertz CT molecular complexity index is 364. The van der Waals surface area contributed by atoms with Gasteiger partial charge < -0.3 is 5.11 Å². The van der Waals surface area contributed by atoms with Gasteiger partial charge >= 0.3 is 5.97 Å². The van der Waals surface area contributed by atoms with Crippen molar-refractivity contribution in [2.45, 2.75) is 31.7 Å². The average molecular weight is 233 g/mol. The lowest BCUT2D eigenvalue weighted by Crippen LogP contribution is -2.39. The lowest BCUT2D eigenvalue weighted by Gasteiger charge is -2.22. The molecule has 1 N–H and O–H groups in total. The number of fused-ring (bicyclic) bond motifs is 1. The molecule has 2 rings (SSSR count). The first kappa shape index (κ1) is 10.9. The summed E-state index contributed by atoms with van der Waals surface area (Å²) in [4.78, 5) is 10.5. The number of carbonyl (C=O) groups is 1. The zero-order valence-electron chi connectivity index (χ0n) is 8.42. The van der Waals surface area contributed by atoms with E-state index < -0.39 is 21.7 Å². The molecule has 15 heavy (non-hydrogen) atoms. The number of hydrogen-bond donors (Lipinski definition) is 1. The van der Waals surface area contributed by atoms with Gasteiger partial charge in [-0.25, -0.2) is 8.42 Å². The van der Waals surface area contributed by atoms with Gasteiger partial charge in [-0.05, 0) is 25.2 Å². The minimum atomic E-state index is -3.58. The lowest BCUT2D eigenvalue weighted by molar-refractivity contribution is -0.134. The highest BCUT2D eigenvalue weighted by molar-refractivity contribution is 7.89. The van der Waals surface area contributed by atoms with Crippen molar-refractivity contribution < 1.29 is 18.3 Å². The first-order valence-electron chi connectivity index (χ1n) is 5.22. The first-order chi connectivity index (χ1) is 7.00. The molecule has 0 amide bonds. The van der Waals surface area contributed by atoms with E-state index >= 15 is 0 Å². The van der Waals surface area contributed by atoms with Gasteiger partial charge in [0.05, 0.1) is 0 Å². The van der Waals surface area contributed by atoms with E-state index in [4.69, 9.17) is 5.11 Å².